The van der Waals surface area contributed by atoms with Crippen LogP contribution in [0, 0.1) is 13.8 Å². The van der Waals surface area contributed by atoms with Gasteiger partial charge in [-0.05, 0) is 74.1 Å². The molecule has 0 aliphatic heterocycles. The zero-order valence-corrected chi connectivity index (χ0v) is 17.3. The Labute approximate surface area is 171 Å². The first kappa shape index (κ1) is 19.2. The number of benzene rings is 2. The van der Waals surface area contributed by atoms with Gasteiger partial charge in [0, 0.05) is 23.4 Å². The van der Waals surface area contributed by atoms with Gasteiger partial charge in [0.15, 0.2) is 0 Å². The van der Waals surface area contributed by atoms with Crippen LogP contribution in [0.3, 0.4) is 0 Å². The summed E-state index contributed by atoms with van der Waals surface area (Å²) in [4.78, 5) is 12.6. The fourth-order valence-electron chi connectivity index (χ4n) is 4.03. The van der Waals surface area contributed by atoms with Crippen LogP contribution in [-0.2, 0) is 25.9 Å². The Bertz CT molecular complexity index is 1040. The van der Waals surface area contributed by atoms with Crippen molar-refractivity contribution in [2.75, 3.05) is 7.11 Å². The molecule has 1 aromatic heterocycles. The van der Waals surface area contributed by atoms with Gasteiger partial charge in [-0.2, -0.15) is 5.10 Å². The van der Waals surface area contributed by atoms with Crippen molar-refractivity contribution in [3.63, 3.8) is 0 Å². The molecule has 0 atom stereocenters. The van der Waals surface area contributed by atoms with Crippen molar-refractivity contribution in [1.82, 2.24) is 15.1 Å². The molecule has 1 N–H and O–H groups in total. The Balaban J connectivity index is 1.41. The predicted octanol–water partition coefficient (Wildman–Crippen LogP) is 3.98. The van der Waals surface area contributed by atoms with E-state index in [1.807, 2.05) is 35.9 Å². The van der Waals surface area contributed by atoms with Crippen molar-refractivity contribution in [2.45, 2.75) is 46.2 Å². The predicted molar refractivity (Wildman–Crippen MR) is 113 cm³/mol. The van der Waals surface area contributed by atoms with E-state index < -0.39 is 0 Å². The molecule has 0 unspecified atom stereocenters. The number of carbonyl (C=O) groups is 1. The second-order valence-corrected chi connectivity index (χ2v) is 7.75. The topological polar surface area (TPSA) is 56.1 Å². The first-order valence-corrected chi connectivity index (χ1v) is 10.1. The quantitative estimate of drug-likeness (QED) is 0.694. The molecular weight excluding hydrogens is 362 g/mol. The SMILES string of the molecule is COc1cc2c(cc1CNC(=O)c1ccc(Cn3nc(C)cc3C)cc1)CCC2. The van der Waals surface area contributed by atoms with Gasteiger partial charge >= 0.3 is 0 Å². The molecular formula is C24H27N3O2. The first-order valence-electron chi connectivity index (χ1n) is 10.1. The fourth-order valence-corrected chi connectivity index (χ4v) is 4.03. The lowest BCUT2D eigenvalue weighted by Crippen LogP contribution is -2.23. The fraction of sp³-hybridized carbons (Fsp3) is 0.333. The highest BCUT2D eigenvalue weighted by Gasteiger charge is 2.16. The zero-order chi connectivity index (χ0) is 20.4. The Hall–Kier alpha value is -3.08. The Morgan fingerprint density at radius 3 is 2.48 bits per heavy atom. The largest absolute Gasteiger partial charge is 0.496 e. The van der Waals surface area contributed by atoms with Crippen molar-refractivity contribution in [3.8, 4) is 5.75 Å². The van der Waals surface area contributed by atoms with E-state index in [1.165, 1.54) is 17.5 Å². The van der Waals surface area contributed by atoms with Gasteiger partial charge in [-0.25, -0.2) is 0 Å². The van der Waals surface area contributed by atoms with Gasteiger partial charge in [0.1, 0.15) is 5.75 Å². The summed E-state index contributed by atoms with van der Waals surface area (Å²) >= 11 is 0. The highest BCUT2D eigenvalue weighted by atomic mass is 16.5. The van der Waals surface area contributed by atoms with Gasteiger partial charge in [0.05, 0.1) is 19.3 Å². The normalized spacial score (nSPS) is 12.7. The molecule has 3 aromatic rings. The number of nitrogens with one attached hydrogen (secondary N) is 1. The number of hydrogen-bond donors (Lipinski definition) is 1. The summed E-state index contributed by atoms with van der Waals surface area (Å²) in [6.07, 6.45) is 3.41. The van der Waals surface area contributed by atoms with Crippen LogP contribution in [0.2, 0.25) is 0 Å². The summed E-state index contributed by atoms with van der Waals surface area (Å²) in [6, 6.07) is 14.1. The molecule has 29 heavy (non-hydrogen) atoms. The van der Waals surface area contributed by atoms with E-state index >= 15 is 0 Å². The number of hydrogen-bond acceptors (Lipinski definition) is 3. The molecule has 0 saturated heterocycles. The molecule has 1 amide bonds. The van der Waals surface area contributed by atoms with Crippen LogP contribution >= 0.6 is 0 Å². The molecule has 0 spiro atoms. The lowest BCUT2D eigenvalue weighted by Gasteiger charge is -2.13. The minimum absolute atomic E-state index is 0.0785. The minimum atomic E-state index is -0.0785. The van der Waals surface area contributed by atoms with Gasteiger partial charge in [-0.1, -0.05) is 18.2 Å². The Morgan fingerprint density at radius 1 is 1.10 bits per heavy atom. The maximum atomic E-state index is 12.6. The molecule has 0 radical (unpaired) electrons. The van der Waals surface area contributed by atoms with Crippen LogP contribution in [0.15, 0.2) is 42.5 Å². The first-order chi connectivity index (χ1) is 14.0. The second-order valence-electron chi connectivity index (χ2n) is 7.75. The maximum absolute atomic E-state index is 12.6. The Morgan fingerprint density at radius 2 is 1.83 bits per heavy atom. The van der Waals surface area contributed by atoms with Crippen LogP contribution in [0.1, 0.15) is 50.4 Å². The number of methoxy groups -OCH3 is 1. The van der Waals surface area contributed by atoms with Crippen LogP contribution in [0.5, 0.6) is 5.75 Å². The monoisotopic (exact) mass is 389 g/mol. The molecule has 150 valence electrons. The highest BCUT2D eigenvalue weighted by molar-refractivity contribution is 5.94. The molecule has 1 aliphatic rings. The number of carbonyl (C=O) groups excluding carboxylic acids is 1. The second kappa shape index (κ2) is 8.11. The number of amides is 1. The molecule has 1 heterocycles. The molecule has 1 aliphatic carbocycles. The number of aromatic nitrogens is 2. The molecule has 0 bridgehead atoms. The lowest BCUT2D eigenvalue weighted by atomic mass is 10.0. The summed E-state index contributed by atoms with van der Waals surface area (Å²) in [7, 11) is 1.68. The van der Waals surface area contributed by atoms with Crippen molar-refractivity contribution < 1.29 is 9.53 Å². The van der Waals surface area contributed by atoms with E-state index in [1.54, 1.807) is 7.11 Å². The third kappa shape index (κ3) is 4.19. The molecule has 5 heteroatoms. The van der Waals surface area contributed by atoms with E-state index in [4.69, 9.17) is 4.74 Å². The zero-order valence-electron chi connectivity index (χ0n) is 17.3. The van der Waals surface area contributed by atoms with Crippen LogP contribution in [0.4, 0.5) is 0 Å². The van der Waals surface area contributed by atoms with Crippen LogP contribution in [-0.4, -0.2) is 22.8 Å². The van der Waals surface area contributed by atoms with Gasteiger partial charge in [0.25, 0.3) is 5.91 Å². The van der Waals surface area contributed by atoms with E-state index in [-0.39, 0.29) is 5.91 Å². The number of rotatable bonds is 6. The number of aryl methyl sites for hydroxylation is 4. The Kier molecular flexibility index (Phi) is 5.38. The van der Waals surface area contributed by atoms with Crippen molar-refractivity contribution in [3.05, 3.63) is 81.7 Å². The van der Waals surface area contributed by atoms with Gasteiger partial charge in [-0.3, -0.25) is 9.48 Å². The molecule has 0 fully saturated rings. The van der Waals surface area contributed by atoms with E-state index in [0.717, 1.165) is 41.1 Å². The minimum Gasteiger partial charge on any atom is -0.496 e. The van der Waals surface area contributed by atoms with Crippen LogP contribution < -0.4 is 10.1 Å². The van der Waals surface area contributed by atoms with Crippen molar-refractivity contribution in [1.29, 1.82) is 0 Å². The number of ether oxygens (including phenoxy) is 1. The summed E-state index contributed by atoms with van der Waals surface area (Å²) in [6.45, 7) is 5.21. The summed E-state index contributed by atoms with van der Waals surface area (Å²) in [5.41, 5.74) is 7.70. The standard InChI is InChI=1S/C24H27N3O2/c1-16-11-17(2)27(26-16)15-18-7-9-19(10-8-18)24(28)25-14-22-12-20-5-4-6-21(20)13-23(22)29-3/h7-13H,4-6,14-15H2,1-3H3,(H,25,28). The average Bonchev–Trinajstić information content (AvgIpc) is 3.30. The van der Waals surface area contributed by atoms with Gasteiger partial charge in [-0.15, -0.1) is 0 Å². The van der Waals surface area contributed by atoms with E-state index in [0.29, 0.717) is 18.7 Å². The van der Waals surface area contributed by atoms with Crippen LogP contribution in [0.25, 0.3) is 0 Å². The van der Waals surface area contributed by atoms with Crippen molar-refractivity contribution >= 4 is 5.91 Å². The number of fused-ring (bicyclic) bond motifs is 1. The van der Waals surface area contributed by atoms with Gasteiger partial charge < -0.3 is 10.1 Å². The average molecular weight is 389 g/mol. The molecule has 2 aromatic carbocycles. The maximum Gasteiger partial charge on any atom is 0.251 e. The van der Waals surface area contributed by atoms with E-state index in [2.05, 4.69) is 35.5 Å². The van der Waals surface area contributed by atoms with Crippen molar-refractivity contribution in [2.24, 2.45) is 0 Å². The molecule has 0 saturated carbocycles. The molecule has 5 nitrogen and oxygen atoms in total. The summed E-state index contributed by atoms with van der Waals surface area (Å²) in [5, 5.41) is 7.52. The summed E-state index contributed by atoms with van der Waals surface area (Å²) < 4.78 is 7.51. The van der Waals surface area contributed by atoms with E-state index in [9.17, 15) is 4.79 Å². The number of nitrogens with zero attached hydrogens (tertiary/aromatic N) is 2. The lowest BCUT2D eigenvalue weighted by molar-refractivity contribution is 0.0950. The molecule has 4 rings (SSSR count). The summed E-state index contributed by atoms with van der Waals surface area (Å²) in [5.74, 6) is 0.774. The highest BCUT2D eigenvalue weighted by Crippen LogP contribution is 2.29. The third-order valence-electron chi connectivity index (χ3n) is 5.59. The smallest absolute Gasteiger partial charge is 0.251 e. The third-order valence-corrected chi connectivity index (χ3v) is 5.59. The van der Waals surface area contributed by atoms with Gasteiger partial charge in [0.2, 0.25) is 0 Å².